The van der Waals surface area contributed by atoms with Gasteiger partial charge in [-0.25, -0.2) is 4.98 Å². The zero-order valence-electron chi connectivity index (χ0n) is 20.4. The van der Waals surface area contributed by atoms with Gasteiger partial charge >= 0.3 is 6.85 Å². The first kappa shape index (κ1) is 20.5. The quantitative estimate of drug-likeness (QED) is 0.317. The Morgan fingerprint density at radius 3 is 2.14 bits per heavy atom. The lowest BCUT2D eigenvalue weighted by Crippen LogP contribution is -2.59. The van der Waals surface area contributed by atoms with E-state index in [0.717, 1.165) is 12.2 Å². The molecule has 3 aliphatic heterocycles. The van der Waals surface area contributed by atoms with Gasteiger partial charge in [0, 0.05) is 53.2 Å². The van der Waals surface area contributed by atoms with Gasteiger partial charge in [0.15, 0.2) is 0 Å². The van der Waals surface area contributed by atoms with E-state index in [0.29, 0.717) is 5.89 Å². The van der Waals surface area contributed by atoms with Crippen molar-refractivity contribution in [3.63, 3.8) is 0 Å². The molecule has 1 aromatic heterocycles. The van der Waals surface area contributed by atoms with E-state index in [1.807, 2.05) is 0 Å². The van der Waals surface area contributed by atoms with Gasteiger partial charge in [-0.15, -0.1) is 0 Å². The molecule has 0 saturated heterocycles. The lowest BCUT2D eigenvalue weighted by Gasteiger charge is -2.43. The van der Waals surface area contributed by atoms with E-state index in [-0.39, 0.29) is 6.85 Å². The Bertz CT molecular complexity index is 1710. The standard InChI is InChI=1S/C31H23BN4O/c1-34-15-16-35(20-34)22-11-13-24-26-7-3-5-9-30(26)36-29-8-4-2-6-25(29)23-12-10-21(31-33-14-17-37-31)18-27(23)32(36)28(24)19-22/h2-19H,20H2,1H3. The highest BCUT2D eigenvalue weighted by Gasteiger charge is 2.42. The molecule has 0 unspecified atom stereocenters. The average Bonchev–Trinajstić information content (AvgIpc) is 3.65. The third kappa shape index (κ3) is 2.96. The van der Waals surface area contributed by atoms with Crippen molar-refractivity contribution in [2.24, 2.45) is 0 Å². The predicted molar refractivity (Wildman–Crippen MR) is 151 cm³/mol. The van der Waals surface area contributed by atoms with Crippen molar-refractivity contribution in [2.75, 3.05) is 23.4 Å². The van der Waals surface area contributed by atoms with Crippen molar-refractivity contribution in [2.45, 2.75) is 0 Å². The number of aromatic nitrogens is 1. The van der Waals surface area contributed by atoms with E-state index in [9.17, 15) is 0 Å². The fourth-order valence-corrected chi connectivity index (χ4v) is 6.11. The molecule has 0 atom stereocenters. The second-order valence-corrected chi connectivity index (χ2v) is 9.88. The third-order valence-corrected chi connectivity index (χ3v) is 7.73. The SMILES string of the molecule is CN1C=CN(c2ccc3c(c2)B2c4cc(-c5ncco5)ccc4-c4ccccc4N2c2ccccc2-3)C1. The number of nitrogens with zero attached hydrogens (tertiary/aromatic N) is 4. The van der Waals surface area contributed by atoms with Gasteiger partial charge in [0.1, 0.15) is 6.26 Å². The fourth-order valence-electron chi connectivity index (χ4n) is 6.11. The maximum absolute atomic E-state index is 5.69. The van der Waals surface area contributed by atoms with Gasteiger partial charge in [-0.2, -0.15) is 0 Å². The molecule has 0 aliphatic carbocycles. The maximum Gasteiger partial charge on any atom is 0.329 e. The van der Waals surface area contributed by atoms with Crippen LogP contribution in [0.4, 0.5) is 17.1 Å². The third-order valence-electron chi connectivity index (χ3n) is 7.73. The van der Waals surface area contributed by atoms with Crippen LogP contribution in [0.3, 0.4) is 0 Å². The highest BCUT2D eigenvalue weighted by atomic mass is 16.3. The van der Waals surface area contributed by atoms with Gasteiger partial charge in [-0.1, -0.05) is 54.6 Å². The van der Waals surface area contributed by atoms with Crippen LogP contribution in [0, 0.1) is 0 Å². The lowest BCUT2D eigenvalue weighted by molar-refractivity contribution is 0.496. The second kappa shape index (κ2) is 7.64. The summed E-state index contributed by atoms with van der Waals surface area (Å²) in [7, 11) is 2.10. The molecule has 6 heteroatoms. The van der Waals surface area contributed by atoms with Crippen LogP contribution in [0.1, 0.15) is 0 Å². The summed E-state index contributed by atoms with van der Waals surface area (Å²) >= 11 is 0. The van der Waals surface area contributed by atoms with Gasteiger partial charge in [0.2, 0.25) is 5.89 Å². The molecule has 37 heavy (non-hydrogen) atoms. The number of anilines is 3. The van der Waals surface area contributed by atoms with E-state index in [1.54, 1.807) is 12.5 Å². The van der Waals surface area contributed by atoms with Gasteiger partial charge < -0.3 is 19.0 Å². The molecular weight excluding hydrogens is 455 g/mol. The van der Waals surface area contributed by atoms with Crippen molar-refractivity contribution >= 4 is 34.8 Å². The van der Waals surface area contributed by atoms with Crippen molar-refractivity contribution in [3.8, 4) is 33.7 Å². The summed E-state index contributed by atoms with van der Waals surface area (Å²) < 4.78 is 5.69. The number of rotatable bonds is 2. The summed E-state index contributed by atoms with van der Waals surface area (Å²) in [5.41, 5.74) is 12.2. The minimum absolute atomic E-state index is 0.0222. The summed E-state index contributed by atoms with van der Waals surface area (Å²) in [6.07, 6.45) is 7.61. The number of oxazole rings is 1. The summed E-state index contributed by atoms with van der Waals surface area (Å²) in [4.78, 5) is 11.4. The molecule has 4 heterocycles. The monoisotopic (exact) mass is 478 g/mol. The number of fused-ring (bicyclic) bond motifs is 11. The van der Waals surface area contributed by atoms with Gasteiger partial charge in [0.05, 0.1) is 12.9 Å². The molecular formula is C31H23BN4O. The molecule has 5 nitrogen and oxygen atoms in total. The Morgan fingerprint density at radius 2 is 1.46 bits per heavy atom. The highest BCUT2D eigenvalue weighted by Crippen LogP contribution is 2.46. The summed E-state index contributed by atoms with van der Waals surface area (Å²) in [5, 5.41) is 0. The van der Waals surface area contributed by atoms with Crippen LogP contribution < -0.4 is 20.6 Å². The second-order valence-electron chi connectivity index (χ2n) is 9.88. The van der Waals surface area contributed by atoms with Crippen LogP contribution in [0.5, 0.6) is 0 Å². The van der Waals surface area contributed by atoms with E-state index in [2.05, 4.69) is 124 Å². The lowest BCUT2D eigenvalue weighted by atomic mass is 9.43. The van der Waals surface area contributed by atoms with E-state index in [1.165, 1.54) is 50.2 Å². The molecule has 0 fully saturated rings. The molecule has 3 aliphatic rings. The Labute approximate surface area is 216 Å². The largest absolute Gasteiger partial charge is 0.445 e. The predicted octanol–water partition coefficient (Wildman–Crippen LogP) is 5.43. The molecule has 0 spiro atoms. The van der Waals surface area contributed by atoms with Crippen LogP contribution in [0.25, 0.3) is 33.7 Å². The Balaban J connectivity index is 1.42. The molecule has 0 saturated carbocycles. The van der Waals surface area contributed by atoms with E-state index < -0.39 is 0 Å². The van der Waals surface area contributed by atoms with Crippen LogP contribution in [-0.2, 0) is 0 Å². The highest BCUT2D eigenvalue weighted by molar-refractivity contribution is 6.92. The minimum Gasteiger partial charge on any atom is -0.445 e. The summed E-state index contributed by atoms with van der Waals surface area (Å²) in [6, 6.07) is 31.1. The van der Waals surface area contributed by atoms with Crippen LogP contribution in [-0.4, -0.2) is 30.4 Å². The zero-order chi connectivity index (χ0) is 24.5. The van der Waals surface area contributed by atoms with E-state index >= 15 is 0 Å². The van der Waals surface area contributed by atoms with Crippen molar-refractivity contribution in [1.82, 2.24) is 9.88 Å². The number of hydrogen-bond acceptors (Lipinski definition) is 5. The van der Waals surface area contributed by atoms with Gasteiger partial charge in [0.25, 0.3) is 0 Å². The normalized spacial score (nSPS) is 14.7. The van der Waals surface area contributed by atoms with E-state index in [4.69, 9.17) is 4.42 Å². The van der Waals surface area contributed by atoms with Crippen molar-refractivity contribution in [3.05, 3.63) is 110 Å². The molecule has 176 valence electrons. The topological polar surface area (TPSA) is 35.8 Å². The molecule has 0 radical (unpaired) electrons. The smallest absolute Gasteiger partial charge is 0.329 e. The minimum atomic E-state index is 0.0222. The first-order valence-corrected chi connectivity index (χ1v) is 12.6. The van der Waals surface area contributed by atoms with Crippen LogP contribution in [0.2, 0.25) is 0 Å². The maximum atomic E-state index is 5.69. The number of hydrogen-bond donors (Lipinski definition) is 0. The molecule has 0 N–H and O–H groups in total. The average molecular weight is 478 g/mol. The molecule has 0 bridgehead atoms. The molecule has 0 amide bonds. The Morgan fingerprint density at radius 1 is 0.757 bits per heavy atom. The zero-order valence-corrected chi connectivity index (χ0v) is 20.4. The van der Waals surface area contributed by atoms with Crippen LogP contribution in [0.15, 0.2) is 114 Å². The fraction of sp³-hybridized carbons (Fsp3) is 0.0645. The number of para-hydroxylation sites is 2. The van der Waals surface area contributed by atoms with Crippen LogP contribution >= 0.6 is 0 Å². The van der Waals surface area contributed by atoms with Crippen molar-refractivity contribution in [1.29, 1.82) is 0 Å². The first-order valence-electron chi connectivity index (χ1n) is 12.6. The first-order chi connectivity index (χ1) is 18.3. The van der Waals surface area contributed by atoms with Gasteiger partial charge in [-0.3, -0.25) is 0 Å². The molecule has 5 aromatic rings. The van der Waals surface area contributed by atoms with Gasteiger partial charge in [-0.05, 0) is 52.4 Å². The summed E-state index contributed by atoms with van der Waals surface area (Å²) in [6.45, 7) is 0.867. The Hall–Kier alpha value is -4.71. The van der Waals surface area contributed by atoms with Crippen molar-refractivity contribution < 1.29 is 4.42 Å². The Kier molecular flexibility index (Phi) is 4.23. The summed E-state index contributed by atoms with van der Waals surface area (Å²) in [5.74, 6) is 0.642. The molecule has 4 aromatic carbocycles. The number of benzene rings is 4. The molecule has 8 rings (SSSR count).